The predicted molar refractivity (Wildman–Crippen MR) is 115 cm³/mol. The van der Waals surface area contributed by atoms with Crippen LogP contribution < -0.4 is 20.7 Å². The standard InChI is InChI=1S/C21H23F3N6O2/c1-12(13-7-14(21(22,23)24)9-15(25)8-13)27-19-16-10-18(30-3-5-32-6-4-30)26-11-17(16)28-20(29-19)31-2/h7-12H,3-6,25H2,1-2H3,(H,27,28,29). The second kappa shape index (κ2) is 8.65. The molecule has 11 heteroatoms. The van der Waals surface area contributed by atoms with Crippen LogP contribution in [0.25, 0.3) is 10.9 Å². The molecule has 0 amide bonds. The van der Waals surface area contributed by atoms with Gasteiger partial charge in [-0.15, -0.1) is 0 Å². The van der Waals surface area contributed by atoms with E-state index >= 15 is 0 Å². The molecule has 32 heavy (non-hydrogen) atoms. The van der Waals surface area contributed by atoms with Crippen LogP contribution in [0.3, 0.4) is 0 Å². The van der Waals surface area contributed by atoms with Crippen LogP contribution in [0.15, 0.2) is 30.5 Å². The average Bonchev–Trinajstić information content (AvgIpc) is 2.78. The number of fused-ring (bicyclic) bond motifs is 1. The van der Waals surface area contributed by atoms with E-state index in [-0.39, 0.29) is 11.7 Å². The highest BCUT2D eigenvalue weighted by Gasteiger charge is 2.31. The highest BCUT2D eigenvalue weighted by atomic mass is 19.4. The Labute approximate surface area is 182 Å². The number of rotatable bonds is 5. The van der Waals surface area contributed by atoms with Gasteiger partial charge in [0.05, 0.1) is 43.6 Å². The van der Waals surface area contributed by atoms with Gasteiger partial charge in [-0.3, -0.25) is 0 Å². The number of anilines is 3. The number of methoxy groups -OCH3 is 1. The highest BCUT2D eigenvalue weighted by Crippen LogP contribution is 2.34. The molecule has 3 heterocycles. The van der Waals surface area contributed by atoms with E-state index in [2.05, 4.69) is 25.2 Å². The molecule has 1 fully saturated rings. The van der Waals surface area contributed by atoms with Gasteiger partial charge >= 0.3 is 12.2 Å². The van der Waals surface area contributed by atoms with Crippen LogP contribution >= 0.6 is 0 Å². The third-order valence-electron chi connectivity index (χ3n) is 5.22. The van der Waals surface area contributed by atoms with Crippen molar-refractivity contribution in [3.63, 3.8) is 0 Å². The number of nitrogens with two attached hydrogens (primary N) is 1. The zero-order valence-corrected chi connectivity index (χ0v) is 17.6. The molecule has 4 rings (SSSR count). The molecule has 8 nitrogen and oxygen atoms in total. The van der Waals surface area contributed by atoms with Crippen molar-refractivity contribution < 1.29 is 22.6 Å². The summed E-state index contributed by atoms with van der Waals surface area (Å²) in [6.45, 7) is 4.37. The molecule has 0 radical (unpaired) electrons. The molecule has 1 aromatic carbocycles. The maximum Gasteiger partial charge on any atom is 0.416 e. The minimum Gasteiger partial charge on any atom is -0.467 e. The number of benzene rings is 1. The molecule has 1 atom stereocenters. The van der Waals surface area contributed by atoms with Crippen LogP contribution in [-0.2, 0) is 10.9 Å². The van der Waals surface area contributed by atoms with Crippen LogP contribution in [0.5, 0.6) is 6.01 Å². The van der Waals surface area contributed by atoms with Crippen LogP contribution in [0, 0.1) is 0 Å². The molecule has 1 aliphatic heterocycles. The van der Waals surface area contributed by atoms with Crippen LogP contribution in [0.4, 0.5) is 30.5 Å². The molecule has 0 aliphatic carbocycles. The van der Waals surface area contributed by atoms with Gasteiger partial charge in [0, 0.05) is 24.2 Å². The van der Waals surface area contributed by atoms with Crippen molar-refractivity contribution >= 4 is 28.2 Å². The fourth-order valence-corrected chi connectivity index (χ4v) is 3.55. The summed E-state index contributed by atoms with van der Waals surface area (Å²) < 4.78 is 50.3. The Bertz CT molecular complexity index is 1120. The number of nitrogens with one attached hydrogen (secondary N) is 1. The van der Waals surface area contributed by atoms with Crippen molar-refractivity contribution in [3.8, 4) is 6.01 Å². The van der Waals surface area contributed by atoms with Crippen molar-refractivity contribution in [2.75, 3.05) is 49.4 Å². The molecule has 1 saturated heterocycles. The summed E-state index contributed by atoms with van der Waals surface area (Å²) in [5.41, 5.74) is 5.89. The van der Waals surface area contributed by atoms with Crippen LogP contribution in [0.1, 0.15) is 24.1 Å². The average molecular weight is 448 g/mol. The molecular formula is C21H23F3N6O2. The molecule has 3 N–H and O–H groups in total. The minimum absolute atomic E-state index is 0.0346. The van der Waals surface area contributed by atoms with Gasteiger partial charge < -0.3 is 25.4 Å². The zero-order chi connectivity index (χ0) is 22.9. The van der Waals surface area contributed by atoms with Crippen molar-refractivity contribution in [2.24, 2.45) is 0 Å². The lowest BCUT2D eigenvalue weighted by atomic mass is 10.0. The number of nitrogens with zero attached hydrogens (tertiary/aromatic N) is 4. The van der Waals surface area contributed by atoms with E-state index in [9.17, 15) is 13.2 Å². The Morgan fingerprint density at radius 3 is 2.59 bits per heavy atom. The summed E-state index contributed by atoms with van der Waals surface area (Å²) in [6.07, 6.45) is -2.87. The second-order valence-electron chi connectivity index (χ2n) is 7.47. The van der Waals surface area contributed by atoms with Gasteiger partial charge in [-0.2, -0.15) is 23.1 Å². The summed E-state index contributed by atoms with van der Waals surface area (Å²) in [4.78, 5) is 15.3. The number of ether oxygens (including phenoxy) is 2. The Balaban J connectivity index is 1.71. The monoisotopic (exact) mass is 448 g/mol. The lowest BCUT2D eigenvalue weighted by molar-refractivity contribution is -0.137. The molecule has 0 bridgehead atoms. The van der Waals surface area contributed by atoms with Crippen LogP contribution in [-0.4, -0.2) is 48.4 Å². The first kappa shape index (κ1) is 21.9. The third kappa shape index (κ3) is 4.62. The summed E-state index contributed by atoms with van der Waals surface area (Å²) >= 11 is 0. The van der Waals surface area contributed by atoms with Gasteiger partial charge in [-0.05, 0) is 36.8 Å². The summed E-state index contributed by atoms with van der Waals surface area (Å²) in [6, 6.07) is 4.96. The van der Waals surface area contributed by atoms with Gasteiger partial charge in [0.1, 0.15) is 11.6 Å². The van der Waals surface area contributed by atoms with E-state index in [0.29, 0.717) is 48.6 Å². The highest BCUT2D eigenvalue weighted by molar-refractivity contribution is 5.91. The normalized spacial score (nSPS) is 15.6. The smallest absolute Gasteiger partial charge is 0.416 e. The quantitative estimate of drug-likeness (QED) is 0.571. The summed E-state index contributed by atoms with van der Waals surface area (Å²) in [5, 5.41) is 3.86. The molecule has 170 valence electrons. The first-order valence-corrected chi connectivity index (χ1v) is 10.0. The number of morpholine rings is 1. The third-order valence-corrected chi connectivity index (χ3v) is 5.22. The molecule has 3 aromatic rings. The number of halogens is 3. The number of aromatic nitrogens is 3. The van der Waals surface area contributed by atoms with Crippen LogP contribution in [0.2, 0.25) is 0 Å². The van der Waals surface area contributed by atoms with E-state index in [4.69, 9.17) is 15.2 Å². The summed E-state index contributed by atoms with van der Waals surface area (Å²) in [7, 11) is 1.44. The molecule has 1 unspecified atom stereocenters. The van der Waals surface area contributed by atoms with Crippen molar-refractivity contribution in [1.29, 1.82) is 0 Å². The fraction of sp³-hybridized carbons (Fsp3) is 0.381. The number of alkyl halides is 3. The Morgan fingerprint density at radius 2 is 1.91 bits per heavy atom. The van der Waals surface area contributed by atoms with E-state index in [1.807, 2.05) is 6.07 Å². The molecule has 0 saturated carbocycles. The number of nitrogen functional groups attached to an aromatic ring is 1. The van der Waals surface area contributed by atoms with Crippen molar-refractivity contribution in [1.82, 2.24) is 15.0 Å². The van der Waals surface area contributed by atoms with Gasteiger partial charge in [0.25, 0.3) is 0 Å². The largest absolute Gasteiger partial charge is 0.467 e. The molecule has 1 aliphatic rings. The molecule has 0 spiro atoms. The van der Waals surface area contributed by atoms with E-state index in [0.717, 1.165) is 18.0 Å². The summed E-state index contributed by atoms with van der Waals surface area (Å²) in [5.74, 6) is 1.17. The van der Waals surface area contributed by atoms with E-state index in [1.54, 1.807) is 13.1 Å². The van der Waals surface area contributed by atoms with E-state index in [1.165, 1.54) is 13.2 Å². The predicted octanol–water partition coefficient (Wildman–Crippen LogP) is 3.64. The molecular weight excluding hydrogens is 425 g/mol. The number of hydrogen-bond acceptors (Lipinski definition) is 8. The molecule has 2 aromatic heterocycles. The number of pyridine rings is 1. The topological polar surface area (TPSA) is 98.4 Å². The first-order valence-electron chi connectivity index (χ1n) is 10.0. The van der Waals surface area contributed by atoms with Crippen molar-refractivity contribution in [2.45, 2.75) is 19.1 Å². The SMILES string of the molecule is COc1nc(NC(C)c2cc(N)cc(C(F)(F)F)c2)c2cc(N3CCOCC3)ncc2n1. The minimum atomic E-state index is -4.49. The van der Waals surface area contributed by atoms with Crippen molar-refractivity contribution in [3.05, 3.63) is 41.6 Å². The lowest BCUT2D eigenvalue weighted by Crippen LogP contribution is -2.36. The Kier molecular flexibility index (Phi) is 5.92. The second-order valence-corrected chi connectivity index (χ2v) is 7.47. The zero-order valence-electron chi connectivity index (χ0n) is 17.6. The van der Waals surface area contributed by atoms with Gasteiger partial charge in [-0.25, -0.2) is 4.98 Å². The maximum atomic E-state index is 13.2. The Hall–Kier alpha value is -3.34. The van der Waals surface area contributed by atoms with Gasteiger partial charge in [-0.1, -0.05) is 0 Å². The lowest BCUT2D eigenvalue weighted by Gasteiger charge is -2.28. The number of hydrogen-bond donors (Lipinski definition) is 2. The fourth-order valence-electron chi connectivity index (χ4n) is 3.55. The van der Waals surface area contributed by atoms with Gasteiger partial charge in [0.15, 0.2) is 0 Å². The first-order chi connectivity index (χ1) is 15.2. The van der Waals surface area contributed by atoms with Gasteiger partial charge in [0.2, 0.25) is 0 Å². The van der Waals surface area contributed by atoms with E-state index < -0.39 is 17.8 Å². The Morgan fingerprint density at radius 1 is 1.16 bits per heavy atom. The maximum absolute atomic E-state index is 13.2.